The minimum atomic E-state index is -1.25. The van der Waals surface area contributed by atoms with Crippen molar-refractivity contribution in [1.82, 2.24) is 26.2 Å². The van der Waals surface area contributed by atoms with Crippen molar-refractivity contribution in [3.05, 3.63) is 35.9 Å². The summed E-state index contributed by atoms with van der Waals surface area (Å²) in [7, 11) is 0. The highest BCUT2D eigenvalue weighted by Gasteiger charge is 2.39. The Hall–Kier alpha value is -4.73. The highest BCUT2D eigenvalue weighted by atomic mass is 16.4. The van der Waals surface area contributed by atoms with Gasteiger partial charge in [0.05, 0.1) is 6.04 Å². The predicted octanol–water partition coefficient (Wildman–Crippen LogP) is -0.263. The molecule has 0 spiro atoms. The molecule has 0 aliphatic carbocycles. The summed E-state index contributed by atoms with van der Waals surface area (Å²) in [6.45, 7) is 9.49. The Morgan fingerprint density at radius 2 is 1.45 bits per heavy atom. The summed E-state index contributed by atoms with van der Waals surface area (Å²) in [6.07, 6.45) is 2.14. The number of nitrogens with one attached hydrogen (secondary N) is 4. The fourth-order valence-electron chi connectivity index (χ4n) is 5.84. The Kier molecular flexibility index (Phi) is 17.3. The zero-order valence-electron chi connectivity index (χ0n) is 30.4. The molecule has 284 valence electrons. The largest absolute Gasteiger partial charge is 0.480 e. The van der Waals surface area contributed by atoms with Gasteiger partial charge in [-0.25, -0.2) is 4.79 Å². The number of aliphatic imine (C=N–C) groups is 1. The fourth-order valence-corrected chi connectivity index (χ4v) is 5.84. The number of likely N-dealkylation sites (tertiary alicyclic amines) is 1. The van der Waals surface area contributed by atoms with Crippen molar-refractivity contribution in [2.45, 2.75) is 116 Å². The smallest absolute Gasteiger partial charge is 0.326 e. The van der Waals surface area contributed by atoms with Gasteiger partial charge in [0.25, 0.3) is 0 Å². The Morgan fingerprint density at radius 1 is 0.843 bits per heavy atom. The van der Waals surface area contributed by atoms with Crippen molar-refractivity contribution in [2.75, 3.05) is 13.1 Å². The molecule has 5 amide bonds. The third-order valence-electron chi connectivity index (χ3n) is 8.45. The molecule has 1 fully saturated rings. The summed E-state index contributed by atoms with van der Waals surface area (Å²) in [5.41, 5.74) is 17.7. The number of hydrogen-bond acceptors (Lipinski definition) is 8. The van der Waals surface area contributed by atoms with Crippen LogP contribution in [0.1, 0.15) is 78.7 Å². The maximum absolute atomic E-state index is 13.9. The first-order valence-corrected chi connectivity index (χ1v) is 17.6. The quantitative estimate of drug-likeness (QED) is 0.0498. The second kappa shape index (κ2) is 20.8. The van der Waals surface area contributed by atoms with Crippen LogP contribution < -0.4 is 38.5 Å². The number of nitrogens with two attached hydrogens (primary N) is 3. The maximum Gasteiger partial charge on any atom is 0.326 e. The molecular formula is C35H57N9O7. The SMILES string of the molecule is CC(C)CC(NC(=O)C1CCCN1C(=O)C(CC(C)C)NC(=O)C(N)Cc1ccccc1)C(=O)NC(C)C(=O)NC(CCCN=C(N)N)C(=O)O. The third-order valence-corrected chi connectivity index (χ3v) is 8.45. The minimum absolute atomic E-state index is 0.0289. The Morgan fingerprint density at radius 3 is 2.04 bits per heavy atom. The van der Waals surface area contributed by atoms with Gasteiger partial charge >= 0.3 is 5.97 Å². The molecule has 51 heavy (non-hydrogen) atoms. The van der Waals surface area contributed by atoms with Gasteiger partial charge in [-0.3, -0.25) is 29.0 Å². The second-order valence-corrected chi connectivity index (χ2v) is 13.9. The summed E-state index contributed by atoms with van der Waals surface area (Å²) < 4.78 is 0. The molecule has 1 aliphatic rings. The summed E-state index contributed by atoms with van der Waals surface area (Å²) in [4.78, 5) is 83.9. The zero-order valence-corrected chi connectivity index (χ0v) is 30.4. The van der Waals surface area contributed by atoms with Crippen molar-refractivity contribution >= 4 is 41.5 Å². The first-order chi connectivity index (χ1) is 24.0. The van der Waals surface area contributed by atoms with E-state index in [2.05, 4.69) is 26.3 Å². The number of guanidine groups is 1. The Balaban J connectivity index is 2.10. The number of rotatable bonds is 20. The monoisotopic (exact) mass is 715 g/mol. The molecule has 0 radical (unpaired) electrons. The number of carbonyl (C=O) groups is 6. The average Bonchev–Trinajstić information content (AvgIpc) is 3.55. The Bertz CT molecular complexity index is 1370. The van der Waals surface area contributed by atoms with Crippen molar-refractivity contribution in [3.8, 4) is 0 Å². The molecule has 6 unspecified atom stereocenters. The van der Waals surface area contributed by atoms with Crippen LogP contribution in [0.15, 0.2) is 35.3 Å². The lowest BCUT2D eigenvalue weighted by molar-refractivity contribution is -0.143. The molecular weight excluding hydrogens is 658 g/mol. The number of carboxylic acids is 1. The number of nitrogens with zero attached hydrogens (tertiary/aromatic N) is 2. The van der Waals surface area contributed by atoms with Crippen molar-refractivity contribution < 1.29 is 33.9 Å². The van der Waals surface area contributed by atoms with Crippen LogP contribution in [0.25, 0.3) is 0 Å². The molecule has 16 heteroatoms. The van der Waals surface area contributed by atoms with Gasteiger partial charge in [-0.2, -0.15) is 0 Å². The van der Waals surface area contributed by atoms with Gasteiger partial charge in [0, 0.05) is 13.1 Å². The van der Waals surface area contributed by atoms with E-state index in [0.29, 0.717) is 38.6 Å². The first kappa shape index (κ1) is 42.4. The van der Waals surface area contributed by atoms with Crippen LogP contribution in [-0.4, -0.2) is 101 Å². The molecule has 1 aromatic carbocycles. The summed E-state index contributed by atoms with van der Waals surface area (Å²) in [6, 6.07) is 3.28. The molecule has 1 aliphatic heterocycles. The van der Waals surface area contributed by atoms with Crippen molar-refractivity contribution in [2.24, 2.45) is 34.0 Å². The molecule has 6 atom stereocenters. The number of carboxylic acid groups (broad SMARTS) is 1. The second-order valence-electron chi connectivity index (χ2n) is 13.9. The average molecular weight is 716 g/mol. The highest BCUT2D eigenvalue weighted by Crippen LogP contribution is 2.21. The molecule has 1 saturated heterocycles. The normalized spacial score (nSPS) is 17.1. The van der Waals surface area contributed by atoms with Crippen LogP contribution in [0.5, 0.6) is 0 Å². The first-order valence-electron chi connectivity index (χ1n) is 17.6. The van der Waals surface area contributed by atoms with Gasteiger partial charge in [-0.05, 0) is 69.3 Å². The van der Waals surface area contributed by atoms with Gasteiger partial charge in [-0.15, -0.1) is 0 Å². The molecule has 0 saturated carbocycles. The lowest BCUT2D eigenvalue weighted by Gasteiger charge is -2.31. The van der Waals surface area contributed by atoms with E-state index in [4.69, 9.17) is 17.2 Å². The van der Waals surface area contributed by atoms with Gasteiger partial charge in [-0.1, -0.05) is 58.0 Å². The van der Waals surface area contributed by atoms with Gasteiger partial charge < -0.3 is 48.5 Å². The summed E-state index contributed by atoms with van der Waals surface area (Å²) in [5.74, 6) is -4.11. The standard InChI is InChI=1S/C35H57N9O7/c1-20(2)17-26(31(47)40-22(5)29(45)41-25(34(50)51)13-9-15-39-35(37)38)42-32(48)28-14-10-16-44(28)33(49)27(18-21(3)4)43-30(46)24(36)19-23-11-7-6-8-12-23/h6-8,11-12,20-22,24-28H,9-10,13-19,36H2,1-5H3,(H,40,47)(H,41,45)(H,42,48)(H,43,46)(H,50,51)(H4,37,38,39). The molecule has 0 aromatic heterocycles. The zero-order chi connectivity index (χ0) is 38.2. The van der Waals surface area contributed by atoms with Crippen LogP contribution >= 0.6 is 0 Å². The van der Waals surface area contributed by atoms with E-state index in [0.717, 1.165) is 5.56 Å². The van der Waals surface area contributed by atoms with E-state index in [1.54, 1.807) is 0 Å². The van der Waals surface area contributed by atoms with E-state index in [9.17, 15) is 33.9 Å². The number of amides is 5. The van der Waals surface area contributed by atoms with Crippen LogP contribution in [0.2, 0.25) is 0 Å². The topological polar surface area (TPSA) is 264 Å². The number of benzene rings is 1. The van der Waals surface area contributed by atoms with E-state index in [1.807, 2.05) is 58.0 Å². The van der Waals surface area contributed by atoms with Gasteiger partial charge in [0.1, 0.15) is 30.2 Å². The number of carbonyl (C=O) groups excluding carboxylic acids is 5. The van der Waals surface area contributed by atoms with Crippen LogP contribution in [-0.2, 0) is 35.2 Å². The Labute approximate surface area is 300 Å². The fraction of sp³-hybridized carbons (Fsp3) is 0.629. The van der Waals surface area contributed by atoms with Crippen LogP contribution in [0, 0.1) is 11.8 Å². The minimum Gasteiger partial charge on any atom is -0.480 e. The summed E-state index contributed by atoms with van der Waals surface area (Å²) >= 11 is 0. The number of hydrogen-bond donors (Lipinski definition) is 8. The van der Waals surface area contributed by atoms with E-state index < -0.39 is 71.8 Å². The third kappa shape index (κ3) is 14.6. The van der Waals surface area contributed by atoms with E-state index in [-0.39, 0.29) is 37.2 Å². The van der Waals surface area contributed by atoms with Crippen molar-refractivity contribution in [3.63, 3.8) is 0 Å². The molecule has 11 N–H and O–H groups in total. The van der Waals surface area contributed by atoms with E-state index in [1.165, 1.54) is 11.8 Å². The highest BCUT2D eigenvalue weighted by molar-refractivity contribution is 5.96. The number of aliphatic carboxylic acids is 1. The maximum atomic E-state index is 13.9. The lowest BCUT2D eigenvalue weighted by Crippen LogP contribution is -2.59. The molecule has 1 heterocycles. The summed E-state index contributed by atoms with van der Waals surface area (Å²) in [5, 5.41) is 20.1. The van der Waals surface area contributed by atoms with Gasteiger partial charge in [0.2, 0.25) is 29.5 Å². The van der Waals surface area contributed by atoms with Crippen LogP contribution in [0.3, 0.4) is 0 Å². The molecule has 1 aromatic rings. The molecule has 16 nitrogen and oxygen atoms in total. The van der Waals surface area contributed by atoms with Crippen LogP contribution in [0.4, 0.5) is 0 Å². The lowest BCUT2D eigenvalue weighted by atomic mass is 10.00. The van der Waals surface area contributed by atoms with Crippen molar-refractivity contribution in [1.29, 1.82) is 0 Å². The molecule has 2 rings (SSSR count). The predicted molar refractivity (Wildman–Crippen MR) is 193 cm³/mol. The van der Waals surface area contributed by atoms with E-state index >= 15 is 0 Å². The van der Waals surface area contributed by atoms with Gasteiger partial charge in [0.15, 0.2) is 5.96 Å². The molecule has 0 bridgehead atoms.